The van der Waals surface area contributed by atoms with Crippen molar-refractivity contribution < 1.29 is 4.79 Å². The molecular weight excluding hydrogens is 220 g/mol. The highest BCUT2D eigenvalue weighted by Crippen LogP contribution is 2.40. The van der Waals surface area contributed by atoms with Gasteiger partial charge in [-0.05, 0) is 36.5 Å². The van der Waals surface area contributed by atoms with Crippen LogP contribution in [0.1, 0.15) is 24.3 Å². The first kappa shape index (κ1) is 10.2. The van der Waals surface area contributed by atoms with Crippen molar-refractivity contribution in [3.05, 3.63) is 23.8 Å². The Morgan fingerprint density at radius 2 is 2.19 bits per heavy atom. The van der Waals surface area contributed by atoms with Gasteiger partial charge in [-0.2, -0.15) is 0 Å². The minimum Gasteiger partial charge on any atom is -0.328 e. The zero-order chi connectivity index (χ0) is 11.1. The summed E-state index contributed by atoms with van der Waals surface area (Å²) >= 11 is 1.62. The molecule has 1 aromatic rings. The topological polar surface area (TPSA) is 55.1 Å². The fourth-order valence-corrected chi connectivity index (χ4v) is 3.13. The quantitative estimate of drug-likeness (QED) is 0.780. The number of hydrogen-bond donors (Lipinski definition) is 2. The second-order valence-corrected chi connectivity index (χ2v) is 5.54. The summed E-state index contributed by atoms with van der Waals surface area (Å²) < 4.78 is 0. The smallest absolute Gasteiger partial charge is 0.234 e. The van der Waals surface area contributed by atoms with Gasteiger partial charge in [-0.1, -0.05) is 6.07 Å². The molecule has 0 atom stereocenters. The fourth-order valence-electron chi connectivity index (χ4n) is 2.28. The van der Waals surface area contributed by atoms with Crippen molar-refractivity contribution >= 4 is 23.4 Å². The van der Waals surface area contributed by atoms with E-state index in [4.69, 9.17) is 5.73 Å². The summed E-state index contributed by atoms with van der Waals surface area (Å²) in [5.74, 6) is 1.25. The third-order valence-corrected chi connectivity index (χ3v) is 4.34. The van der Waals surface area contributed by atoms with Gasteiger partial charge in [0.15, 0.2) is 0 Å². The molecule has 0 radical (unpaired) electrons. The number of nitrogens with two attached hydrogens (primary N) is 1. The van der Waals surface area contributed by atoms with E-state index in [1.165, 1.54) is 10.5 Å². The molecule has 3 rings (SSSR count). The van der Waals surface area contributed by atoms with Crippen LogP contribution in [0.25, 0.3) is 0 Å². The highest BCUT2D eigenvalue weighted by molar-refractivity contribution is 8.00. The fraction of sp³-hybridized carbons (Fsp3) is 0.417. The molecule has 0 aromatic heterocycles. The molecule has 1 amide bonds. The van der Waals surface area contributed by atoms with Gasteiger partial charge in [0.05, 0.1) is 11.4 Å². The Morgan fingerprint density at radius 3 is 2.94 bits per heavy atom. The van der Waals surface area contributed by atoms with E-state index in [0.29, 0.717) is 17.7 Å². The molecule has 1 aromatic carbocycles. The first-order valence-corrected chi connectivity index (χ1v) is 6.53. The van der Waals surface area contributed by atoms with Gasteiger partial charge in [0, 0.05) is 10.9 Å². The molecular formula is C12H14N2OS. The lowest BCUT2D eigenvalue weighted by Crippen LogP contribution is -2.34. The van der Waals surface area contributed by atoms with Crippen molar-refractivity contribution in [3.8, 4) is 0 Å². The summed E-state index contributed by atoms with van der Waals surface area (Å²) in [4.78, 5) is 12.4. The van der Waals surface area contributed by atoms with Crippen LogP contribution in [0.3, 0.4) is 0 Å². The maximum Gasteiger partial charge on any atom is 0.234 e. The lowest BCUT2D eigenvalue weighted by molar-refractivity contribution is -0.113. The lowest BCUT2D eigenvalue weighted by Gasteiger charge is -2.33. The Labute approximate surface area is 98.8 Å². The highest BCUT2D eigenvalue weighted by atomic mass is 32.2. The van der Waals surface area contributed by atoms with Gasteiger partial charge in [0.25, 0.3) is 0 Å². The SMILES string of the molecule is NC1CC(c2ccc3c(c2)SCC(=O)N3)C1. The Hall–Kier alpha value is -1.00. The molecule has 1 aliphatic carbocycles. The zero-order valence-electron chi connectivity index (χ0n) is 8.90. The molecule has 3 nitrogen and oxygen atoms in total. The minimum absolute atomic E-state index is 0.0934. The number of amides is 1. The number of hydrogen-bond acceptors (Lipinski definition) is 3. The second kappa shape index (κ2) is 3.79. The van der Waals surface area contributed by atoms with Crippen LogP contribution < -0.4 is 11.1 Å². The molecule has 0 bridgehead atoms. The Balaban J connectivity index is 1.85. The number of rotatable bonds is 1. The average Bonchev–Trinajstić information content (AvgIpc) is 2.24. The van der Waals surface area contributed by atoms with E-state index in [-0.39, 0.29) is 5.91 Å². The number of carbonyl (C=O) groups excluding carboxylic acids is 1. The first-order chi connectivity index (χ1) is 7.72. The van der Waals surface area contributed by atoms with Crippen LogP contribution in [-0.2, 0) is 4.79 Å². The number of fused-ring (bicyclic) bond motifs is 1. The monoisotopic (exact) mass is 234 g/mol. The van der Waals surface area contributed by atoms with Gasteiger partial charge in [-0.3, -0.25) is 4.79 Å². The summed E-state index contributed by atoms with van der Waals surface area (Å²) in [6, 6.07) is 6.71. The van der Waals surface area contributed by atoms with E-state index in [2.05, 4.69) is 17.4 Å². The Bertz CT molecular complexity index is 441. The standard InChI is InChI=1S/C12H14N2OS/c13-9-3-8(4-9)7-1-2-10-11(5-7)16-6-12(15)14-10/h1-2,5,8-9H,3-4,6,13H2,(H,14,15). The summed E-state index contributed by atoms with van der Waals surface area (Å²) in [5, 5.41) is 2.89. The van der Waals surface area contributed by atoms with Crippen molar-refractivity contribution in [1.82, 2.24) is 0 Å². The van der Waals surface area contributed by atoms with Crippen LogP contribution in [0.5, 0.6) is 0 Å². The molecule has 1 saturated carbocycles. The first-order valence-electron chi connectivity index (χ1n) is 5.54. The maximum atomic E-state index is 11.2. The largest absolute Gasteiger partial charge is 0.328 e. The van der Waals surface area contributed by atoms with Crippen LogP contribution in [0.2, 0.25) is 0 Å². The van der Waals surface area contributed by atoms with Gasteiger partial charge in [0.2, 0.25) is 5.91 Å². The molecule has 0 unspecified atom stereocenters. The van der Waals surface area contributed by atoms with E-state index in [0.717, 1.165) is 18.5 Å². The van der Waals surface area contributed by atoms with E-state index >= 15 is 0 Å². The van der Waals surface area contributed by atoms with Crippen LogP contribution in [0.4, 0.5) is 5.69 Å². The molecule has 0 spiro atoms. The van der Waals surface area contributed by atoms with Crippen molar-refractivity contribution in [3.63, 3.8) is 0 Å². The Kier molecular flexibility index (Phi) is 2.41. The van der Waals surface area contributed by atoms with Gasteiger partial charge in [0.1, 0.15) is 0 Å². The lowest BCUT2D eigenvalue weighted by atomic mass is 9.76. The van der Waals surface area contributed by atoms with E-state index in [1.54, 1.807) is 11.8 Å². The summed E-state index contributed by atoms with van der Waals surface area (Å²) in [6.45, 7) is 0. The van der Waals surface area contributed by atoms with Gasteiger partial charge in [-0.15, -0.1) is 11.8 Å². The second-order valence-electron chi connectivity index (χ2n) is 4.52. The maximum absolute atomic E-state index is 11.2. The molecule has 0 saturated heterocycles. The molecule has 84 valence electrons. The van der Waals surface area contributed by atoms with Crippen LogP contribution >= 0.6 is 11.8 Å². The van der Waals surface area contributed by atoms with Crippen molar-refractivity contribution in [2.24, 2.45) is 5.73 Å². The van der Waals surface area contributed by atoms with Crippen LogP contribution in [0, 0.1) is 0 Å². The molecule has 16 heavy (non-hydrogen) atoms. The number of nitrogens with one attached hydrogen (secondary N) is 1. The van der Waals surface area contributed by atoms with Gasteiger partial charge >= 0.3 is 0 Å². The Morgan fingerprint density at radius 1 is 1.38 bits per heavy atom. The molecule has 2 aliphatic rings. The number of carbonyl (C=O) groups is 1. The van der Waals surface area contributed by atoms with E-state index in [1.807, 2.05) is 6.07 Å². The summed E-state index contributed by atoms with van der Waals surface area (Å²) in [6.07, 6.45) is 2.19. The molecule has 1 fully saturated rings. The zero-order valence-corrected chi connectivity index (χ0v) is 9.72. The third kappa shape index (κ3) is 1.72. The third-order valence-electron chi connectivity index (χ3n) is 3.28. The molecule has 3 N–H and O–H groups in total. The van der Waals surface area contributed by atoms with Gasteiger partial charge < -0.3 is 11.1 Å². The molecule has 1 heterocycles. The average molecular weight is 234 g/mol. The van der Waals surface area contributed by atoms with Crippen molar-refractivity contribution in [1.29, 1.82) is 0 Å². The number of anilines is 1. The summed E-state index contributed by atoms with van der Waals surface area (Å²) in [5.41, 5.74) is 8.12. The van der Waals surface area contributed by atoms with Gasteiger partial charge in [-0.25, -0.2) is 0 Å². The van der Waals surface area contributed by atoms with Crippen molar-refractivity contribution in [2.75, 3.05) is 11.1 Å². The molecule has 1 aliphatic heterocycles. The van der Waals surface area contributed by atoms with E-state index < -0.39 is 0 Å². The molecule has 4 heteroatoms. The number of thioether (sulfide) groups is 1. The predicted octanol–water partition coefficient (Wildman–Crippen LogP) is 1.94. The van der Waals surface area contributed by atoms with Crippen LogP contribution in [0.15, 0.2) is 23.1 Å². The predicted molar refractivity (Wildman–Crippen MR) is 65.7 cm³/mol. The highest BCUT2D eigenvalue weighted by Gasteiger charge is 2.28. The van der Waals surface area contributed by atoms with Crippen molar-refractivity contribution in [2.45, 2.75) is 29.7 Å². The van der Waals surface area contributed by atoms with Crippen LogP contribution in [-0.4, -0.2) is 17.7 Å². The van der Waals surface area contributed by atoms with E-state index in [9.17, 15) is 4.79 Å². The minimum atomic E-state index is 0.0934. The summed E-state index contributed by atoms with van der Waals surface area (Å²) in [7, 11) is 0. The normalized spacial score (nSPS) is 27.9. The number of benzene rings is 1.